The largest absolute Gasteiger partial charge is 0.437 e. The van der Waals surface area contributed by atoms with E-state index < -0.39 is 10.0 Å². The average molecular weight is 385 g/mol. The molecule has 3 aromatic rings. The van der Waals surface area contributed by atoms with Crippen molar-refractivity contribution in [3.63, 3.8) is 0 Å². The maximum absolute atomic E-state index is 12.6. The van der Waals surface area contributed by atoms with Gasteiger partial charge < -0.3 is 9.47 Å². The average Bonchev–Trinajstić information content (AvgIpc) is 2.69. The second kappa shape index (κ2) is 7.22. The number of sulfonamides is 1. The highest BCUT2D eigenvalue weighted by atomic mass is 32.2. The summed E-state index contributed by atoms with van der Waals surface area (Å²) in [5.74, 6) is 0.888. The Balaban J connectivity index is 1.59. The summed E-state index contributed by atoms with van der Waals surface area (Å²) >= 11 is 0. The van der Waals surface area contributed by atoms with Gasteiger partial charge in [-0.25, -0.2) is 18.4 Å². The molecule has 140 valence electrons. The molecule has 0 bridgehead atoms. The zero-order valence-electron chi connectivity index (χ0n) is 14.8. The van der Waals surface area contributed by atoms with E-state index in [0.29, 0.717) is 37.9 Å². The van der Waals surface area contributed by atoms with Crippen LogP contribution in [0.2, 0.25) is 0 Å². The minimum atomic E-state index is -3.57. The molecule has 3 heterocycles. The molecule has 0 amide bonds. The molecule has 2 aromatic heterocycles. The van der Waals surface area contributed by atoms with Crippen LogP contribution in [-0.2, 0) is 14.8 Å². The smallest absolute Gasteiger partial charge is 0.244 e. The number of fused-ring (bicyclic) bond motifs is 1. The molecule has 1 aliphatic heterocycles. The van der Waals surface area contributed by atoms with E-state index in [2.05, 4.69) is 9.97 Å². The number of rotatable bonds is 4. The second-order valence-corrected chi connectivity index (χ2v) is 8.17. The van der Waals surface area contributed by atoms with E-state index in [-0.39, 0.29) is 4.90 Å². The van der Waals surface area contributed by atoms with Gasteiger partial charge in [-0.15, -0.1) is 0 Å². The Morgan fingerprint density at radius 3 is 2.63 bits per heavy atom. The van der Waals surface area contributed by atoms with Gasteiger partial charge in [0, 0.05) is 30.2 Å². The Kier molecular flexibility index (Phi) is 4.77. The zero-order chi connectivity index (χ0) is 18.9. The van der Waals surface area contributed by atoms with Crippen molar-refractivity contribution in [2.24, 2.45) is 0 Å². The predicted molar refractivity (Wildman–Crippen MR) is 100 cm³/mol. The highest BCUT2D eigenvalue weighted by Crippen LogP contribution is 2.28. The number of benzene rings is 1. The van der Waals surface area contributed by atoms with Gasteiger partial charge in [0.25, 0.3) is 0 Å². The Labute approximate surface area is 157 Å². The number of nitrogens with zero attached hydrogens (tertiary/aromatic N) is 3. The zero-order valence-corrected chi connectivity index (χ0v) is 15.6. The first kappa shape index (κ1) is 17.8. The van der Waals surface area contributed by atoms with Gasteiger partial charge in [0.1, 0.15) is 10.4 Å². The van der Waals surface area contributed by atoms with E-state index in [1.165, 1.54) is 16.6 Å². The van der Waals surface area contributed by atoms with Crippen LogP contribution in [0.5, 0.6) is 11.6 Å². The van der Waals surface area contributed by atoms with Crippen LogP contribution in [0, 0.1) is 6.92 Å². The third-order valence-electron chi connectivity index (χ3n) is 4.35. The van der Waals surface area contributed by atoms with Crippen LogP contribution in [0.3, 0.4) is 0 Å². The molecule has 7 nitrogen and oxygen atoms in total. The van der Waals surface area contributed by atoms with Crippen LogP contribution < -0.4 is 4.74 Å². The summed E-state index contributed by atoms with van der Waals surface area (Å²) in [5.41, 5.74) is 1.63. The first-order valence-corrected chi connectivity index (χ1v) is 10.1. The van der Waals surface area contributed by atoms with E-state index >= 15 is 0 Å². The van der Waals surface area contributed by atoms with Crippen molar-refractivity contribution in [3.8, 4) is 11.6 Å². The molecule has 1 fully saturated rings. The first-order chi connectivity index (χ1) is 13.0. The van der Waals surface area contributed by atoms with E-state index in [1.54, 1.807) is 6.07 Å². The summed E-state index contributed by atoms with van der Waals surface area (Å²) in [6.45, 7) is 3.42. The lowest BCUT2D eigenvalue weighted by Gasteiger charge is -2.25. The lowest BCUT2D eigenvalue weighted by molar-refractivity contribution is 0.0730. The SMILES string of the molecule is Cc1ccc2cccc(Oc3ccc(S(=O)(=O)N4CCOCC4)cn3)c2n1. The molecule has 8 heteroatoms. The van der Waals surface area contributed by atoms with Crippen molar-refractivity contribution < 1.29 is 17.9 Å². The van der Waals surface area contributed by atoms with Gasteiger partial charge >= 0.3 is 0 Å². The maximum atomic E-state index is 12.6. The second-order valence-electron chi connectivity index (χ2n) is 6.23. The van der Waals surface area contributed by atoms with Gasteiger partial charge in [0.2, 0.25) is 15.9 Å². The lowest BCUT2D eigenvalue weighted by atomic mass is 10.2. The van der Waals surface area contributed by atoms with Crippen molar-refractivity contribution in [2.45, 2.75) is 11.8 Å². The summed E-state index contributed by atoms with van der Waals surface area (Å²) in [5, 5.41) is 0.963. The topological polar surface area (TPSA) is 81.6 Å². The van der Waals surface area contributed by atoms with Crippen molar-refractivity contribution in [3.05, 3.63) is 54.4 Å². The van der Waals surface area contributed by atoms with Crippen LogP contribution >= 0.6 is 0 Å². The van der Waals surface area contributed by atoms with Gasteiger partial charge in [-0.1, -0.05) is 18.2 Å². The highest BCUT2D eigenvalue weighted by molar-refractivity contribution is 7.89. The number of para-hydroxylation sites is 1. The molecule has 1 aliphatic rings. The number of ether oxygens (including phenoxy) is 2. The van der Waals surface area contributed by atoms with Gasteiger partial charge in [-0.2, -0.15) is 4.31 Å². The molecule has 0 radical (unpaired) electrons. The molecular formula is C19H19N3O4S. The van der Waals surface area contributed by atoms with Crippen LogP contribution in [-0.4, -0.2) is 49.0 Å². The molecule has 0 aliphatic carbocycles. The van der Waals surface area contributed by atoms with Gasteiger partial charge in [0.15, 0.2) is 5.75 Å². The van der Waals surface area contributed by atoms with E-state index in [0.717, 1.165) is 16.6 Å². The van der Waals surface area contributed by atoms with Crippen LogP contribution in [0.25, 0.3) is 10.9 Å². The van der Waals surface area contributed by atoms with Crippen LogP contribution in [0.4, 0.5) is 0 Å². The van der Waals surface area contributed by atoms with Gasteiger partial charge in [0.05, 0.1) is 19.4 Å². The van der Waals surface area contributed by atoms with Crippen molar-refractivity contribution in [1.82, 2.24) is 14.3 Å². The highest BCUT2D eigenvalue weighted by Gasteiger charge is 2.26. The van der Waals surface area contributed by atoms with E-state index in [9.17, 15) is 8.42 Å². The fourth-order valence-corrected chi connectivity index (χ4v) is 4.28. The summed E-state index contributed by atoms with van der Waals surface area (Å²) < 4.78 is 37.8. The summed E-state index contributed by atoms with van der Waals surface area (Å²) in [6, 6.07) is 12.6. The molecule has 1 saturated heterocycles. The third-order valence-corrected chi connectivity index (χ3v) is 6.24. The summed E-state index contributed by atoms with van der Waals surface area (Å²) in [7, 11) is -3.57. The molecule has 4 rings (SSSR count). The van der Waals surface area contributed by atoms with Crippen molar-refractivity contribution in [1.29, 1.82) is 0 Å². The minimum absolute atomic E-state index is 0.142. The molecule has 0 N–H and O–H groups in total. The van der Waals surface area contributed by atoms with Crippen molar-refractivity contribution >= 4 is 20.9 Å². The Morgan fingerprint density at radius 2 is 1.89 bits per heavy atom. The first-order valence-electron chi connectivity index (χ1n) is 8.62. The van der Waals surface area contributed by atoms with E-state index in [1.807, 2.05) is 37.3 Å². The Morgan fingerprint density at radius 1 is 1.07 bits per heavy atom. The number of aryl methyl sites for hydroxylation is 1. The van der Waals surface area contributed by atoms with Crippen molar-refractivity contribution in [2.75, 3.05) is 26.3 Å². The summed E-state index contributed by atoms with van der Waals surface area (Å²) in [6.07, 6.45) is 1.32. The number of hydrogen-bond acceptors (Lipinski definition) is 6. The molecule has 0 spiro atoms. The molecule has 27 heavy (non-hydrogen) atoms. The molecule has 0 atom stereocenters. The normalized spacial score (nSPS) is 15.7. The quantitative estimate of drug-likeness (QED) is 0.687. The standard InChI is InChI=1S/C19H19N3O4S/c1-14-5-6-15-3-2-4-17(19(15)21-14)26-18-8-7-16(13-20-18)27(23,24)22-9-11-25-12-10-22/h2-8,13H,9-12H2,1H3. The molecule has 0 saturated carbocycles. The lowest BCUT2D eigenvalue weighted by Crippen LogP contribution is -2.40. The predicted octanol–water partition coefficient (Wildman–Crippen LogP) is 2.75. The molecular weight excluding hydrogens is 366 g/mol. The fourth-order valence-electron chi connectivity index (χ4n) is 2.93. The van der Waals surface area contributed by atoms with Crippen LogP contribution in [0.15, 0.2) is 53.6 Å². The number of pyridine rings is 2. The number of morpholine rings is 1. The third kappa shape index (κ3) is 3.64. The number of hydrogen-bond donors (Lipinski definition) is 0. The Bertz CT molecular complexity index is 1060. The maximum Gasteiger partial charge on any atom is 0.244 e. The van der Waals surface area contributed by atoms with Crippen LogP contribution in [0.1, 0.15) is 5.69 Å². The number of aromatic nitrogens is 2. The Hall–Kier alpha value is -2.55. The van der Waals surface area contributed by atoms with Gasteiger partial charge in [-0.3, -0.25) is 0 Å². The van der Waals surface area contributed by atoms with Gasteiger partial charge in [-0.05, 0) is 25.1 Å². The molecule has 1 aromatic carbocycles. The monoisotopic (exact) mass is 385 g/mol. The molecule has 0 unspecified atom stereocenters. The fraction of sp³-hybridized carbons (Fsp3) is 0.263. The summed E-state index contributed by atoms with van der Waals surface area (Å²) in [4.78, 5) is 8.84. The van der Waals surface area contributed by atoms with E-state index in [4.69, 9.17) is 9.47 Å². The minimum Gasteiger partial charge on any atom is -0.437 e.